The van der Waals surface area contributed by atoms with E-state index in [2.05, 4.69) is 11.2 Å². The average molecular weight is 288 g/mol. The Morgan fingerprint density at radius 2 is 1.86 bits per heavy atom. The number of amides is 1. The molecule has 0 heterocycles. The molecule has 0 saturated carbocycles. The molecule has 0 aliphatic heterocycles. The molecule has 1 rings (SSSR count). The number of carbonyl (C=O) groups is 1. The molecule has 0 aromatic heterocycles. The molecule has 1 N–H and O–H groups in total. The van der Waals surface area contributed by atoms with Gasteiger partial charge in [0, 0.05) is 11.6 Å². The van der Waals surface area contributed by atoms with Crippen molar-refractivity contribution in [1.82, 2.24) is 5.32 Å². The van der Waals surface area contributed by atoms with Gasteiger partial charge in [-0.25, -0.2) is 0 Å². The molecule has 1 amide bonds. The number of nitrogens with zero attached hydrogens (tertiary/aromatic N) is 1. The zero-order valence-corrected chi connectivity index (χ0v) is 12.0. The molecule has 6 nitrogen and oxygen atoms in total. The quantitative estimate of drug-likeness (QED) is 0.631. The van der Waals surface area contributed by atoms with Crippen LogP contribution in [0.4, 0.5) is 0 Å². The van der Waals surface area contributed by atoms with Crippen molar-refractivity contribution >= 4 is 5.91 Å². The third kappa shape index (κ3) is 4.72. The normalized spacial score (nSPS) is 12.4. The van der Waals surface area contributed by atoms with Crippen LogP contribution in [0.2, 0.25) is 0 Å². The summed E-state index contributed by atoms with van der Waals surface area (Å²) in [4.78, 5) is 12.1. The summed E-state index contributed by atoms with van der Waals surface area (Å²) in [5.41, 5.74) is 0.281. The fourth-order valence-corrected chi connectivity index (χ4v) is 1.48. The minimum atomic E-state index is -1.14. The maximum absolute atomic E-state index is 12.1. The van der Waals surface area contributed by atoms with Crippen molar-refractivity contribution in [2.24, 2.45) is 0 Å². The molecule has 21 heavy (non-hydrogen) atoms. The Morgan fingerprint density at radius 3 is 2.29 bits per heavy atom. The lowest BCUT2D eigenvalue weighted by Gasteiger charge is -2.15. The van der Waals surface area contributed by atoms with Gasteiger partial charge in [0.15, 0.2) is 0 Å². The fourth-order valence-electron chi connectivity index (χ4n) is 1.48. The summed E-state index contributed by atoms with van der Waals surface area (Å²) in [5, 5.41) is 11.4. The molecular formula is C15H16N2O4. The highest BCUT2D eigenvalue weighted by molar-refractivity contribution is 5.95. The lowest BCUT2D eigenvalue weighted by Crippen LogP contribution is -2.37. The molecular weight excluding hydrogens is 272 g/mol. The first kappa shape index (κ1) is 16.4. The minimum Gasteiger partial charge on any atom is -0.497 e. The summed E-state index contributed by atoms with van der Waals surface area (Å²) < 4.78 is 15.3. The monoisotopic (exact) mass is 288 g/mol. The van der Waals surface area contributed by atoms with Crippen LogP contribution < -0.4 is 14.8 Å². The van der Waals surface area contributed by atoms with Crippen LogP contribution in [0, 0.1) is 23.7 Å². The highest BCUT2D eigenvalue weighted by Gasteiger charge is 2.17. The number of nitrogens with one attached hydrogen (secondary N) is 1. The van der Waals surface area contributed by atoms with E-state index in [-0.39, 0.29) is 5.56 Å². The topological polar surface area (TPSA) is 80.6 Å². The molecule has 0 aliphatic carbocycles. The average Bonchev–Trinajstić information content (AvgIpc) is 2.52. The number of methoxy groups -OCH3 is 2. The van der Waals surface area contributed by atoms with Gasteiger partial charge < -0.3 is 19.5 Å². The largest absolute Gasteiger partial charge is 0.497 e. The second-order valence-electron chi connectivity index (χ2n) is 4.03. The van der Waals surface area contributed by atoms with Crippen molar-refractivity contribution in [1.29, 1.82) is 5.26 Å². The summed E-state index contributed by atoms with van der Waals surface area (Å²) in [7, 11) is 2.96. The summed E-state index contributed by atoms with van der Waals surface area (Å²) in [6.07, 6.45) is 3.44. The van der Waals surface area contributed by atoms with Crippen LogP contribution in [-0.4, -0.2) is 32.5 Å². The molecule has 1 aromatic carbocycles. The van der Waals surface area contributed by atoms with Crippen molar-refractivity contribution in [3.05, 3.63) is 23.8 Å². The van der Waals surface area contributed by atoms with Crippen molar-refractivity contribution in [3.8, 4) is 29.9 Å². The Bertz CT molecular complexity index is 564. The van der Waals surface area contributed by atoms with Crippen molar-refractivity contribution < 1.29 is 19.0 Å². The van der Waals surface area contributed by atoms with Gasteiger partial charge in [-0.3, -0.25) is 4.79 Å². The molecule has 2 unspecified atom stereocenters. The maximum atomic E-state index is 12.1. The number of ether oxygens (including phenoxy) is 3. The molecule has 6 heteroatoms. The van der Waals surface area contributed by atoms with Crippen LogP contribution in [0.1, 0.15) is 17.3 Å². The first-order valence-corrected chi connectivity index (χ1v) is 6.09. The molecule has 1 aromatic rings. The second kappa shape index (κ2) is 7.78. The Labute approximate surface area is 123 Å². The van der Waals surface area contributed by atoms with Crippen LogP contribution in [0.3, 0.4) is 0 Å². The van der Waals surface area contributed by atoms with Gasteiger partial charge >= 0.3 is 0 Å². The highest BCUT2D eigenvalue weighted by atomic mass is 16.5. The number of hydrogen-bond donors (Lipinski definition) is 1. The maximum Gasteiger partial charge on any atom is 0.254 e. The van der Waals surface area contributed by atoms with Gasteiger partial charge in [-0.2, -0.15) is 5.26 Å². The van der Waals surface area contributed by atoms with Gasteiger partial charge in [-0.1, -0.05) is 5.92 Å². The minimum absolute atomic E-state index is 0.281. The molecule has 0 bridgehead atoms. The number of hydrogen-bond acceptors (Lipinski definition) is 5. The van der Waals surface area contributed by atoms with E-state index in [9.17, 15) is 4.79 Å². The number of carbonyl (C=O) groups excluding carboxylic acids is 1. The van der Waals surface area contributed by atoms with Crippen molar-refractivity contribution in [3.63, 3.8) is 0 Å². The van der Waals surface area contributed by atoms with E-state index in [1.54, 1.807) is 13.0 Å². The second-order valence-corrected chi connectivity index (χ2v) is 4.03. The van der Waals surface area contributed by atoms with Gasteiger partial charge in [0.25, 0.3) is 5.91 Å². The number of nitriles is 1. The fraction of sp³-hybridized carbons (Fsp3) is 0.333. The van der Waals surface area contributed by atoms with Crippen LogP contribution in [-0.2, 0) is 4.74 Å². The van der Waals surface area contributed by atoms with E-state index in [0.29, 0.717) is 11.5 Å². The predicted molar refractivity (Wildman–Crippen MR) is 75.8 cm³/mol. The van der Waals surface area contributed by atoms with Crippen LogP contribution in [0.25, 0.3) is 0 Å². The van der Waals surface area contributed by atoms with Gasteiger partial charge in [0.05, 0.1) is 14.2 Å². The first-order valence-electron chi connectivity index (χ1n) is 6.09. The van der Waals surface area contributed by atoms with E-state index < -0.39 is 18.2 Å². The van der Waals surface area contributed by atoms with Gasteiger partial charge in [0.1, 0.15) is 23.7 Å². The highest BCUT2D eigenvalue weighted by Crippen LogP contribution is 2.22. The van der Waals surface area contributed by atoms with Crippen LogP contribution >= 0.6 is 0 Å². The molecule has 110 valence electrons. The van der Waals surface area contributed by atoms with Crippen LogP contribution in [0.5, 0.6) is 11.5 Å². The summed E-state index contributed by atoms with van der Waals surface area (Å²) >= 11 is 0. The molecule has 0 spiro atoms. The Hall–Kier alpha value is -2.70. The lowest BCUT2D eigenvalue weighted by molar-refractivity contribution is 0.0376. The van der Waals surface area contributed by atoms with Gasteiger partial charge in [-0.05, 0) is 19.1 Å². The summed E-state index contributed by atoms with van der Waals surface area (Å²) in [6, 6.07) is 6.50. The van der Waals surface area contributed by atoms with Crippen molar-refractivity contribution in [2.75, 3.05) is 14.2 Å². The lowest BCUT2D eigenvalue weighted by atomic mass is 10.2. The van der Waals surface area contributed by atoms with Crippen molar-refractivity contribution in [2.45, 2.75) is 19.3 Å². The molecule has 0 saturated heterocycles. The Kier molecular flexibility index (Phi) is 6.06. The molecule has 0 aliphatic rings. The first-order chi connectivity index (χ1) is 10.0. The van der Waals surface area contributed by atoms with E-state index in [1.165, 1.54) is 26.4 Å². The SMILES string of the molecule is C#CC(C)OC(C#N)NC(=O)c1cc(OC)cc(OC)c1. The zero-order chi connectivity index (χ0) is 15.8. The third-order valence-corrected chi connectivity index (χ3v) is 2.57. The zero-order valence-electron chi connectivity index (χ0n) is 12.0. The predicted octanol–water partition coefficient (Wildman–Crippen LogP) is 1.32. The van der Waals surface area contributed by atoms with Crippen LogP contribution in [0.15, 0.2) is 18.2 Å². The Balaban J connectivity index is 2.88. The van der Waals surface area contributed by atoms with Gasteiger partial charge in [0.2, 0.25) is 6.23 Å². The van der Waals surface area contributed by atoms with E-state index >= 15 is 0 Å². The van der Waals surface area contributed by atoms with Gasteiger partial charge in [-0.15, -0.1) is 6.42 Å². The smallest absolute Gasteiger partial charge is 0.254 e. The van der Waals surface area contributed by atoms with E-state index in [0.717, 1.165) is 0 Å². The number of terminal acetylenes is 1. The molecule has 0 fully saturated rings. The summed E-state index contributed by atoms with van der Waals surface area (Å²) in [5.74, 6) is 2.74. The van der Waals surface area contributed by atoms with E-state index in [1.807, 2.05) is 6.07 Å². The molecule has 0 radical (unpaired) electrons. The number of rotatable bonds is 6. The van der Waals surface area contributed by atoms with E-state index in [4.69, 9.17) is 25.9 Å². The summed E-state index contributed by atoms with van der Waals surface area (Å²) in [6.45, 7) is 1.60. The Morgan fingerprint density at radius 1 is 1.29 bits per heavy atom. The standard InChI is InChI=1S/C15H16N2O4/c1-5-10(2)21-14(9-16)17-15(18)11-6-12(19-3)8-13(7-11)20-4/h1,6-8,10,14H,2-4H3,(H,17,18). The number of benzene rings is 1. The molecule has 2 atom stereocenters. The third-order valence-electron chi connectivity index (χ3n) is 2.57.